The van der Waals surface area contributed by atoms with Crippen molar-refractivity contribution in [1.29, 1.82) is 0 Å². The van der Waals surface area contributed by atoms with Crippen molar-refractivity contribution in [2.75, 3.05) is 14.1 Å². The second-order valence-electron chi connectivity index (χ2n) is 5.22. The maximum absolute atomic E-state index is 11.6. The summed E-state index contributed by atoms with van der Waals surface area (Å²) in [4.78, 5) is 24.8. The van der Waals surface area contributed by atoms with Crippen molar-refractivity contribution in [3.8, 4) is 0 Å². The van der Waals surface area contributed by atoms with E-state index in [-0.39, 0.29) is 17.6 Å². The van der Waals surface area contributed by atoms with E-state index in [4.69, 9.17) is 0 Å². The molecular weight excluding hydrogens is 228 g/mol. The van der Waals surface area contributed by atoms with Crippen LogP contribution in [-0.4, -0.2) is 36.7 Å². The number of carbonyl (C=O) groups excluding carboxylic acids is 2. The average Bonchev–Trinajstić information content (AvgIpc) is 2.24. The molecule has 0 fully saturated rings. The molecule has 0 spiro atoms. The number of rotatable bonds is 8. The molecule has 0 saturated heterocycles. The van der Waals surface area contributed by atoms with Gasteiger partial charge < -0.3 is 10.2 Å². The highest BCUT2D eigenvalue weighted by molar-refractivity contribution is 5.80. The predicted molar refractivity (Wildman–Crippen MR) is 74.1 cm³/mol. The predicted octanol–water partition coefficient (Wildman–Crippen LogP) is 1.96. The topological polar surface area (TPSA) is 49.4 Å². The quantitative estimate of drug-likeness (QED) is 0.720. The SMILES string of the molecule is C=C(C[C@H](C)N(C)C)NC(=O)CC[C@H](C)C(C)=O. The van der Waals surface area contributed by atoms with E-state index in [0.717, 1.165) is 12.1 Å². The van der Waals surface area contributed by atoms with Crippen LogP contribution in [0.2, 0.25) is 0 Å². The van der Waals surface area contributed by atoms with Crippen molar-refractivity contribution in [2.45, 2.75) is 46.1 Å². The van der Waals surface area contributed by atoms with Gasteiger partial charge in [0, 0.05) is 30.5 Å². The van der Waals surface area contributed by atoms with E-state index in [1.807, 2.05) is 21.0 Å². The Morgan fingerprint density at radius 2 is 1.83 bits per heavy atom. The lowest BCUT2D eigenvalue weighted by Gasteiger charge is -2.21. The van der Waals surface area contributed by atoms with Crippen molar-refractivity contribution < 1.29 is 9.59 Å². The van der Waals surface area contributed by atoms with Gasteiger partial charge in [-0.3, -0.25) is 9.59 Å². The Morgan fingerprint density at radius 1 is 1.28 bits per heavy atom. The van der Waals surface area contributed by atoms with Crippen molar-refractivity contribution in [3.63, 3.8) is 0 Å². The lowest BCUT2D eigenvalue weighted by Crippen LogP contribution is -2.30. The van der Waals surface area contributed by atoms with E-state index in [1.54, 1.807) is 6.92 Å². The lowest BCUT2D eigenvalue weighted by molar-refractivity contribution is -0.122. The largest absolute Gasteiger partial charge is 0.330 e. The highest BCUT2D eigenvalue weighted by atomic mass is 16.1. The van der Waals surface area contributed by atoms with Gasteiger partial charge in [-0.15, -0.1) is 0 Å². The molecule has 0 radical (unpaired) electrons. The Bertz CT molecular complexity index is 311. The van der Waals surface area contributed by atoms with Crippen molar-refractivity contribution >= 4 is 11.7 Å². The molecule has 0 aromatic heterocycles. The molecule has 0 rings (SSSR count). The summed E-state index contributed by atoms with van der Waals surface area (Å²) in [5.41, 5.74) is 0.733. The van der Waals surface area contributed by atoms with Crippen LogP contribution < -0.4 is 5.32 Å². The van der Waals surface area contributed by atoms with Gasteiger partial charge in [0.1, 0.15) is 5.78 Å². The van der Waals surface area contributed by atoms with Crippen LogP contribution in [0.5, 0.6) is 0 Å². The molecule has 0 aliphatic rings. The molecule has 4 heteroatoms. The summed E-state index contributed by atoms with van der Waals surface area (Å²) in [5.74, 6) is 0.0200. The second kappa shape index (κ2) is 8.03. The molecule has 0 heterocycles. The number of hydrogen-bond donors (Lipinski definition) is 1. The van der Waals surface area contributed by atoms with Gasteiger partial charge >= 0.3 is 0 Å². The summed E-state index contributed by atoms with van der Waals surface area (Å²) in [6, 6.07) is 0.342. The summed E-state index contributed by atoms with van der Waals surface area (Å²) in [5, 5.41) is 2.79. The van der Waals surface area contributed by atoms with Crippen LogP contribution >= 0.6 is 0 Å². The number of ketones is 1. The third-order valence-electron chi connectivity index (χ3n) is 3.24. The smallest absolute Gasteiger partial charge is 0.224 e. The molecule has 0 aromatic rings. The molecule has 0 aromatic carbocycles. The molecule has 0 unspecified atom stereocenters. The molecule has 0 aliphatic heterocycles. The zero-order valence-corrected chi connectivity index (χ0v) is 12.2. The van der Waals surface area contributed by atoms with Crippen LogP contribution in [-0.2, 0) is 9.59 Å². The Kier molecular flexibility index (Phi) is 7.51. The summed E-state index contributed by atoms with van der Waals surface area (Å²) >= 11 is 0. The highest BCUT2D eigenvalue weighted by Gasteiger charge is 2.12. The number of Topliss-reactive ketones (excluding diaryl/α,β-unsaturated/α-hetero) is 1. The third kappa shape index (κ3) is 7.22. The highest BCUT2D eigenvalue weighted by Crippen LogP contribution is 2.08. The Morgan fingerprint density at radius 3 is 2.28 bits per heavy atom. The van der Waals surface area contributed by atoms with Gasteiger partial charge in [-0.05, 0) is 34.4 Å². The number of nitrogens with one attached hydrogen (secondary N) is 1. The van der Waals surface area contributed by atoms with Gasteiger partial charge in [0.15, 0.2) is 0 Å². The first-order valence-electron chi connectivity index (χ1n) is 6.38. The second-order valence-corrected chi connectivity index (χ2v) is 5.22. The molecule has 4 nitrogen and oxygen atoms in total. The summed E-state index contributed by atoms with van der Waals surface area (Å²) in [6.07, 6.45) is 1.70. The van der Waals surface area contributed by atoms with Crippen LogP contribution in [0.4, 0.5) is 0 Å². The summed E-state index contributed by atoms with van der Waals surface area (Å²) < 4.78 is 0. The van der Waals surface area contributed by atoms with Gasteiger partial charge in [-0.2, -0.15) is 0 Å². The maximum atomic E-state index is 11.6. The fourth-order valence-corrected chi connectivity index (χ4v) is 1.40. The van der Waals surface area contributed by atoms with Crippen LogP contribution in [0, 0.1) is 5.92 Å². The van der Waals surface area contributed by atoms with Crippen LogP contribution in [0.15, 0.2) is 12.3 Å². The lowest BCUT2D eigenvalue weighted by atomic mass is 10.0. The zero-order chi connectivity index (χ0) is 14.3. The van der Waals surface area contributed by atoms with E-state index >= 15 is 0 Å². The molecule has 2 atom stereocenters. The summed E-state index contributed by atoms with van der Waals surface area (Å²) in [6.45, 7) is 9.33. The zero-order valence-electron chi connectivity index (χ0n) is 12.2. The molecule has 0 bridgehead atoms. The molecular formula is C14H26N2O2. The van der Waals surface area contributed by atoms with E-state index in [0.29, 0.717) is 18.9 Å². The molecule has 18 heavy (non-hydrogen) atoms. The number of amides is 1. The maximum Gasteiger partial charge on any atom is 0.224 e. The molecule has 1 amide bonds. The van der Waals surface area contributed by atoms with E-state index in [1.165, 1.54) is 0 Å². The molecule has 0 saturated carbocycles. The normalized spacial score (nSPS) is 14.1. The van der Waals surface area contributed by atoms with Crippen molar-refractivity contribution in [2.24, 2.45) is 5.92 Å². The van der Waals surface area contributed by atoms with Crippen LogP contribution in [0.3, 0.4) is 0 Å². The average molecular weight is 254 g/mol. The van der Waals surface area contributed by atoms with Gasteiger partial charge in [0.05, 0.1) is 0 Å². The fraction of sp³-hybridized carbons (Fsp3) is 0.714. The van der Waals surface area contributed by atoms with E-state index in [2.05, 4.69) is 23.7 Å². The van der Waals surface area contributed by atoms with Gasteiger partial charge in [-0.25, -0.2) is 0 Å². The molecule has 0 aliphatic carbocycles. The van der Waals surface area contributed by atoms with Crippen LogP contribution in [0.1, 0.15) is 40.0 Å². The molecule has 1 N–H and O–H groups in total. The first kappa shape index (κ1) is 16.8. The Balaban J connectivity index is 3.95. The minimum absolute atomic E-state index is 0.0512. The van der Waals surface area contributed by atoms with Gasteiger partial charge in [0.2, 0.25) is 5.91 Å². The Labute approximate surface area is 110 Å². The van der Waals surface area contributed by atoms with Crippen LogP contribution in [0.25, 0.3) is 0 Å². The van der Waals surface area contributed by atoms with E-state index in [9.17, 15) is 9.59 Å². The Hall–Kier alpha value is -1.16. The van der Waals surface area contributed by atoms with Gasteiger partial charge in [0.25, 0.3) is 0 Å². The van der Waals surface area contributed by atoms with Gasteiger partial charge in [-0.1, -0.05) is 13.5 Å². The first-order valence-corrected chi connectivity index (χ1v) is 6.38. The van der Waals surface area contributed by atoms with Crippen molar-refractivity contribution in [1.82, 2.24) is 10.2 Å². The standard InChI is InChI=1S/C14H26N2O2/c1-10(13(4)17)7-8-14(18)15-11(2)9-12(3)16(5)6/h10,12H,2,7-9H2,1,3-6H3,(H,15,18)/t10-,12-/m0/s1. The number of nitrogens with zero attached hydrogens (tertiary/aromatic N) is 1. The number of carbonyl (C=O) groups is 2. The molecule has 104 valence electrons. The number of hydrogen-bond acceptors (Lipinski definition) is 3. The minimum atomic E-state index is -0.0564. The van der Waals surface area contributed by atoms with Crippen molar-refractivity contribution in [3.05, 3.63) is 12.3 Å². The first-order chi connectivity index (χ1) is 8.23. The third-order valence-corrected chi connectivity index (χ3v) is 3.24. The summed E-state index contributed by atoms with van der Waals surface area (Å²) in [7, 11) is 3.99. The van der Waals surface area contributed by atoms with E-state index < -0.39 is 0 Å². The monoisotopic (exact) mass is 254 g/mol. The fourth-order valence-electron chi connectivity index (χ4n) is 1.40. The minimum Gasteiger partial charge on any atom is -0.330 e.